The highest BCUT2D eigenvalue weighted by molar-refractivity contribution is 5.84. The van der Waals surface area contributed by atoms with Crippen molar-refractivity contribution >= 4 is 5.97 Å². The van der Waals surface area contributed by atoms with Gasteiger partial charge in [0.05, 0.1) is 5.60 Å². The van der Waals surface area contributed by atoms with Crippen molar-refractivity contribution in [3.63, 3.8) is 0 Å². The van der Waals surface area contributed by atoms with E-state index in [-0.39, 0.29) is 11.2 Å². The Morgan fingerprint density at radius 1 is 1.38 bits per heavy atom. The van der Waals surface area contributed by atoms with Crippen molar-refractivity contribution in [1.29, 1.82) is 0 Å². The van der Waals surface area contributed by atoms with Gasteiger partial charge >= 0.3 is 5.97 Å². The Bertz CT molecular complexity index is 174. The summed E-state index contributed by atoms with van der Waals surface area (Å²) in [6.45, 7) is 6.52. The van der Waals surface area contributed by atoms with Crippen molar-refractivity contribution in [2.75, 3.05) is 0 Å². The minimum atomic E-state index is -0.935. The monoisotopic (exact) mass is 186 g/mol. The molecule has 0 radical (unpaired) electrons. The summed E-state index contributed by atoms with van der Waals surface area (Å²) in [7, 11) is 0. The van der Waals surface area contributed by atoms with Gasteiger partial charge in [0.2, 0.25) is 0 Å². The largest absolute Gasteiger partial charge is 0.478 e. The molecule has 0 aromatic carbocycles. The average molecular weight is 186 g/mol. The van der Waals surface area contributed by atoms with Crippen LogP contribution in [0.25, 0.3) is 0 Å². The van der Waals surface area contributed by atoms with Crippen molar-refractivity contribution in [2.24, 2.45) is 0 Å². The quantitative estimate of drug-likeness (QED) is 0.615. The van der Waals surface area contributed by atoms with E-state index in [1.165, 1.54) is 19.8 Å². The number of carbonyl (C=O) groups is 1. The highest BCUT2D eigenvalue weighted by Crippen LogP contribution is 2.27. The minimum absolute atomic E-state index is 0.176. The first kappa shape index (κ1) is 12.2. The summed E-state index contributed by atoms with van der Waals surface area (Å²) >= 11 is 0. The molecule has 13 heavy (non-hydrogen) atoms. The lowest BCUT2D eigenvalue weighted by Gasteiger charge is -2.12. The molecule has 0 aromatic rings. The van der Waals surface area contributed by atoms with Crippen molar-refractivity contribution in [2.45, 2.75) is 45.1 Å². The van der Waals surface area contributed by atoms with Gasteiger partial charge in [0.25, 0.3) is 0 Å². The van der Waals surface area contributed by atoms with Crippen LogP contribution >= 0.6 is 0 Å². The molecule has 1 aliphatic rings. The summed E-state index contributed by atoms with van der Waals surface area (Å²) in [5.74, 6) is -0.935. The standard InChI is InChI=1S/C6H12O.C4H6O2/c1-6(7)4-2-3-5-6;1-3(2)4(5)6/h7H,2-5H2,1H3;1H2,2H3,(H,5,6). The Labute approximate surface area is 79.1 Å². The van der Waals surface area contributed by atoms with E-state index in [1.54, 1.807) is 0 Å². The number of rotatable bonds is 1. The lowest BCUT2D eigenvalue weighted by Crippen LogP contribution is -2.17. The van der Waals surface area contributed by atoms with Crippen LogP contribution in [0.1, 0.15) is 39.5 Å². The maximum Gasteiger partial charge on any atom is 0.330 e. The highest BCUT2D eigenvalue weighted by atomic mass is 16.4. The van der Waals surface area contributed by atoms with Crippen LogP contribution in [-0.4, -0.2) is 21.8 Å². The molecule has 0 saturated heterocycles. The molecule has 1 fully saturated rings. The van der Waals surface area contributed by atoms with E-state index in [0.717, 1.165) is 12.8 Å². The van der Waals surface area contributed by atoms with Crippen LogP contribution in [0, 0.1) is 0 Å². The molecule has 0 spiro atoms. The molecule has 0 heterocycles. The fraction of sp³-hybridized carbons (Fsp3) is 0.700. The van der Waals surface area contributed by atoms with Crippen LogP contribution in [0.4, 0.5) is 0 Å². The van der Waals surface area contributed by atoms with Crippen molar-refractivity contribution in [3.8, 4) is 0 Å². The molecule has 0 aromatic heterocycles. The van der Waals surface area contributed by atoms with Gasteiger partial charge in [-0.05, 0) is 26.7 Å². The Morgan fingerprint density at radius 2 is 1.69 bits per heavy atom. The molecule has 0 unspecified atom stereocenters. The summed E-state index contributed by atoms with van der Waals surface area (Å²) in [5, 5.41) is 17.1. The summed E-state index contributed by atoms with van der Waals surface area (Å²) in [5.41, 5.74) is -0.130. The topological polar surface area (TPSA) is 57.5 Å². The zero-order valence-electron chi connectivity index (χ0n) is 8.34. The van der Waals surface area contributed by atoms with E-state index >= 15 is 0 Å². The van der Waals surface area contributed by atoms with Crippen molar-refractivity contribution < 1.29 is 15.0 Å². The second-order valence-corrected chi connectivity index (χ2v) is 3.79. The van der Waals surface area contributed by atoms with E-state index < -0.39 is 5.97 Å². The van der Waals surface area contributed by atoms with E-state index in [0.29, 0.717) is 0 Å². The fourth-order valence-corrected chi connectivity index (χ4v) is 1.14. The van der Waals surface area contributed by atoms with Gasteiger partial charge in [-0.2, -0.15) is 0 Å². The van der Waals surface area contributed by atoms with Crippen LogP contribution in [0.3, 0.4) is 0 Å². The van der Waals surface area contributed by atoms with Crippen LogP contribution in [0.15, 0.2) is 12.2 Å². The summed E-state index contributed by atoms with van der Waals surface area (Å²) < 4.78 is 0. The van der Waals surface area contributed by atoms with Gasteiger partial charge in [-0.25, -0.2) is 4.79 Å². The second-order valence-electron chi connectivity index (χ2n) is 3.79. The molecule has 2 N–H and O–H groups in total. The van der Waals surface area contributed by atoms with Crippen molar-refractivity contribution in [1.82, 2.24) is 0 Å². The minimum Gasteiger partial charge on any atom is -0.478 e. The van der Waals surface area contributed by atoms with Gasteiger partial charge in [0, 0.05) is 5.57 Å². The van der Waals surface area contributed by atoms with Gasteiger partial charge in [-0.15, -0.1) is 0 Å². The highest BCUT2D eigenvalue weighted by Gasteiger charge is 2.24. The molecule has 0 atom stereocenters. The molecule has 76 valence electrons. The van der Waals surface area contributed by atoms with Gasteiger partial charge in [0.1, 0.15) is 0 Å². The van der Waals surface area contributed by atoms with E-state index in [4.69, 9.17) is 5.11 Å². The van der Waals surface area contributed by atoms with Gasteiger partial charge in [-0.3, -0.25) is 0 Å². The number of hydrogen-bond acceptors (Lipinski definition) is 2. The predicted molar refractivity (Wildman–Crippen MR) is 51.5 cm³/mol. The fourth-order valence-electron chi connectivity index (χ4n) is 1.14. The van der Waals surface area contributed by atoms with Crippen LogP contribution in [0.5, 0.6) is 0 Å². The lowest BCUT2D eigenvalue weighted by molar-refractivity contribution is -0.132. The number of aliphatic hydroxyl groups is 1. The maximum absolute atomic E-state index is 9.60. The Hall–Kier alpha value is -0.830. The van der Waals surface area contributed by atoms with Crippen LogP contribution in [0.2, 0.25) is 0 Å². The van der Waals surface area contributed by atoms with Gasteiger partial charge in [-0.1, -0.05) is 19.4 Å². The Kier molecular flexibility index (Phi) is 4.70. The summed E-state index contributed by atoms with van der Waals surface area (Å²) in [4.78, 5) is 9.60. The predicted octanol–water partition coefficient (Wildman–Crippen LogP) is 1.96. The normalized spacial score (nSPS) is 18.7. The molecule has 0 bridgehead atoms. The molecular formula is C10H18O3. The average Bonchev–Trinajstić information content (AvgIpc) is 2.35. The summed E-state index contributed by atoms with van der Waals surface area (Å²) in [6, 6.07) is 0. The molecule has 0 aliphatic heterocycles. The van der Waals surface area contributed by atoms with E-state index in [1.807, 2.05) is 6.92 Å². The molecular weight excluding hydrogens is 168 g/mol. The third-order valence-corrected chi connectivity index (χ3v) is 2.05. The lowest BCUT2D eigenvalue weighted by atomic mass is 10.1. The molecule has 0 amide bonds. The number of carboxylic acids is 1. The SMILES string of the molecule is C=C(C)C(=O)O.CC1(O)CCCC1. The summed E-state index contributed by atoms with van der Waals surface area (Å²) in [6.07, 6.45) is 4.44. The third-order valence-electron chi connectivity index (χ3n) is 2.05. The van der Waals surface area contributed by atoms with E-state index in [2.05, 4.69) is 6.58 Å². The van der Waals surface area contributed by atoms with Crippen LogP contribution < -0.4 is 0 Å². The first-order valence-corrected chi connectivity index (χ1v) is 4.46. The second kappa shape index (κ2) is 5.02. The van der Waals surface area contributed by atoms with Gasteiger partial charge < -0.3 is 10.2 Å². The first-order valence-electron chi connectivity index (χ1n) is 4.46. The molecule has 1 rings (SSSR count). The van der Waals surface area contributed by atoms with E-state index in [9.17, 15) is 9.90 Å². The molecule has 1 saturated carbocycles. The number of aliphatic carboxylic acids is 1. The number of carboxylic acid groups (broad SMARTS) is 1. The third kappa shape index (κ3) is 6.34. The number of hydrogen-bond donors (Lipinski definition) is 2. The Balaban J connectivity index is 0.000000226. The molecule has 3 nitrogen and oxygen atoms in total. The smallest absolute Gasteiger partial charge is 0.330 e. The molecule has 1 aliphatic carbocycles. The zero-order chi connectivity index (χ0) is 10.5. The van der Waals surface area contributed by atoms with Crippen LogP contribution in [-0.2, 0) is 4.79 Å². The van der Waals surface area contributed by atoms with Gasteiger partial charge in [0.15, 0.2) is 0 Å². The zero-order valence-corrected chi connectivity index (χ0v) is 8.34. The van der Waals surface area contributed by atoms with Crippen molar-refractivity contribution in [3.05, 3.63) is 12.2 Å². The first-order chi connectivity index (χ1) is 5.85. The Morgan fingerprint density at radius 3 is 1.77 bits per heavy atom. The maximum atomic E-state index is 9.60. The molecule has 3 heteroatoms.